The molecule has 0 saturated heterocycles. The molecule has 0 aromatic carbocycles. The summed E-state index contributed by atoms with van der Waals surface area (Å²) < 4.78 is 14.7. The molecular formula is C10H14O5S2. The number of thioether (sulfide) groups is 2. The van der Waals surface area contributed by atoms with Gasteiger partial charge < -0.3 is 14.2 Å². The molecule has 1 heterocycles. The third kappa shape index (κ3) is 3.65. The van der Waals surface area contributed by atoms with Crippen molar-refractivity contribution in [1.29, 1.82) is 0 Å². The van der Waals surface area contributed by atoms with Crippen LogP contribution in [0.15, 0.2) is 9.81 Å². The van der Waals surface area contributed by atoms with Crippen molar-refractivity contribution >= 4 is 35.5 Å². The van der Waals surface area contributed by atoms with Crippen molar-refractivity contribution in [1.82, 2.24) is 0 Å². The number of hydrogen-bond donors (Lipinski definition) is 0. The summed E-state index contributed by atoms with van der Waals surface area (Å²) in [5.41, 5.74) is -0.146. The van der Waals surface area contributed by atoms with Crippen LogP contribution in [0.5, 0.6) is 0 Å². The van der Waals surface area contributed by atoms with E-state index in [9.17, 15) is 9.59 Å². The van der Waals surface area contributed by atoms with Crippen LogP contribution >= 0.6 is 23.5 Å². The Balaban J connectivity index is 2.93. The molecule has 0 aliphatic carbocycles. The zero-order valence-corrected chi connectivity index (χ0v) is 11.5. The van der Waals surface area contributed by atoms with Gasteiger partial charge in [0.1, 0.15) is 15.2 Å². The van der Waals surface area contributed by atoms with Crippen molar-refractivity contribution in [2.45, 2.75) is 12.4 Å². The molecule has 0 amide bonds. The lowest BCUT2D eigenvalue weighted by molar-refractivity contribution is -0.138. The molecule has 1 rings (SSSR count). The van der Waals surface area contributed by atoms with Crippen LogP contribution in [-0.2, 0) is 23.8 Å². The minimum absolute atomic E-state index is 0.146. The van der Waals surface area contributed by atoms with Crippen LogP contribution in [-0.4, -0.2) is 44.0 Å². The number of ether oxygens (including phenoxy) is 3. The van der Waals surface area contributed by atoms with Crippen molar-refractivity contribution in [2.75, 3.05) is 26.6 Å². The SMILES string of the molecule is CCOC1CSC(C(=O)OC)=C(C(=O)OC)S1. The van der Waals surface area contributed by atoms with E-state index in [1.807, 2.05) is 6.92 Å². The van der Waals surface area contributed by atoms with Gasteiger partial charge in [-0.25, -0.2) is 9.59 Å². The molecule has 1 atom stereocenters. The van der Waals surface area contributed by atoms with E-state index in [-0.39, 0.29) is 10.3 Å². The van der Waals surface area contributed by atoms with Crippen LogP contribution < -0.4 is 0 Å². The standard InChI is InChI=1S/C10H14O5S2/c1-4-15-6-5-16-7(9(11)13-2)8(17-6)10(12)14-3/h6H,4-5H2,1-3H3. The van der Waals surface area contributed by atoms with E-state index in [2.05, 4.69) is 9.47 Å². The fraction of sp³-hybridized carbons (Fsp3) is 0.600. The molecule has 7 heteroatoms. The van der Waals surface area contributed by atoms with Crippen molar-refractivity contribution in [2.24, 2.45) is 0 Å². The summed E-state index contributed by atoms with van der Waals surface area (Å²) in [5.74, 6) is -0.450. The Hall–Kier alpha value is -0.660. The van der Waals surface area contributed by atoms with E-state index < -0.39 is 11.9 Å². The maximum Gasteiger partial charge on any atom is 0.345 e. The molecule has 0 N–H and O–H groups in total. The Morgan fingerprint density at radius 2 is 1.82 bits per heavy atom. The molecule has 0 bridgehead atoms. The fourth-order valence-electron chi connectivity index (χ4n) is 1.18. The maximum atomic E-state index is 11.6. The summed E-state index contributed by atoms with van der Waals surface area (Å²) in [6, 6.07) is 0. The molecule has 0 radical (unpaired) electrons. The number of rotatable bonds is 4. The van der Waals surface area contributed by atoms with Gasteiger partial charge in [-0.2, -0.15) is 0 Å². The van der Waals surface area contributed by atoms with Gasteiger partial charge in [0, 0.05) is 12.4 Å². The van der Waals surface area contributed by atoms with Gasteiger partial charge in [-0.3, -0.25) is 0 Å². The third-order valence-corrected chi connectivity index (χ3v) is 4.55. The van der Waals surface area contributed by atoms with Crippen molar-refractivity contribution < 1.29 is 23.8 Å². The lowest BCUT2D eigenvalue weighted by Crippen LogP contribution is -2.22. The van der Waals surface area contributed by atoms with Gasteiger partial charge in [0.2, 0.25) is 0 Å². The Labute approximate surface area is 108 Å². The van der Waals surface area contributed by atoms with Crippen LogP contribution in [0.2, 0.25) is 0 Å². The normalized spacial score (nSPS) is 20.1. The Kier molecular flexibility index (Phi) is 5.87. The summed E-state index contributed by atoms with van der Waals surface area (Å²) in [6.45, 7) is 2.43. The summed E-state index contributed by atoms with van der Waals surface area (Å²) in [6.07, 6.45) is 0. The molecule has 0 fully saturated rings. The summed E-state index contributed by atoms with van der Waals surface area (Å²) in [5, 5.41) is 0. The predicted octanol–water partition coefficient (Wildman–Crippen LogP) is 1.39. The zero-order valence-electron chi connectivity index (χ0n) is 9.85. The number of carbonyl (C=O) groups is 2. The van der Waals surface area contributed by atoms with E-state index in [4.69, 9.17) is 4.74 Å². The molecule has 17 heavy (non-hydrogen) atoms. The third-order valence-electron chi connectivity index (χ3n) is 1.91. The molecule has 1 aliphatic rings. The van der Waals surface area contributed by atoms with Crippen LogP contribution in [0.4, 0.5) is 0 Å². The van der Waals surface area contributed by atoms with Gasteiger partial charge in [-0.15, -0.1) is 11.8 Å². The second-order valence-corrected chi connectivity index (χ2v) is 5.16. The Morgan fingerprint density at radius 1 is 1.24 bits per heavy atom. The van der Waals surface area contributed by atoms with Crippen LogP contribution in [0.3, 0.4) is 0 Å². The van der Waals surface area contributed by atoms with Gasteiger partial charge in [0.25, 0.3) is 0 Å². The van der Waals surface area contributed by atoms with Gasteiger partial charge in [0.15, 0.2) is 0 Å². The van der Waals surface area contributed by atoms with Crippen molar-refractivity contribution in [3.63, 3.8) is 0 Å². The Morgan fingerprint density at radius 3 is 2.35 bits per heavy atom. The highest BCUT2D eigenvalue weighted by Gasteiger charge is 2.31. The number of methoxy groups -OCH3 is 2. The quantitative estimate of drug-likeness (QED) is 0.720. The maximum absolute atomic E-state index is 11.6. The number of hydrogen-bond acceptors (Lipinski definition) is 7. The minimum atomic E-state index is -0.535. The largest absolute Gasteiger partial charge is 0.465 e. The first-order valence-corrected chi connectivity index (χ1v) is 6.82. The fourth-order valence-corrected chi connectivity index (χ4v) is 3.63. The molecule has 0 aromatic rings. The van der Waals surface area contributed by atoms with Gasteiger partial charge in [0.05, 0.1) is 14.2 Å². The monoisotopic (exact) mass is 278 g/mol. The molecule has 0 spiro atoms. The van der Waals surface area contributed by atoms with Gasteiger partial charge in [-0.05, 0) is 6.92 Å². The topological polar surface area (TPSA) is 61.8 Å². The van der Waals surface area contributed by atoms with E-state index in [0.29, 0.717) is 17.3 Å². The Bertz CT molecular complexity index is 340. The molecule has 96 valence electrons. The van der Waals surface area contributed by atoms with Gasteiger partial charge in [-0.1, -0.05) is 11.8 Å². The molecule has 0 aromatic heterocycles. The van der Waals surface area contributed by atoms with Crippen LogP contribution in [0.25, 0.3) is 0 Å². The first-order valence-electron chi connectivity index (χ1n) is 4.96. The molecule has 1 unspecified atom stereocenters. The van der Waals surface area contributed by atoms with Gasteiger partial charge >= 0.3 is 11.9 Å². The minimum Gasteiger partial charge on any atom is -0.465 e. The highest BCUT2D eigenvalue weighted by molar-refractivity contribution is 8.11. The van der Waals surface area contributed by atoms with E-state index in [1.54, 1.807) is 0 Å². The van der Waals surface area contributed by atoms with E-state index in [1.165, 1.54) is 37.7 Å². The predicted molar refractivity (Wildman–Crippen MR) is 66.5 cm³/mol. The van der Waals surface area contributed by atoms with E-state index >= 15 is 0 Å². The summed E-state index contributed by atoms with van der Waals surface area (Å²) in [7, 11) is 2.56. The molecule has 5 nitrogen and oxygen atoms in total. The number of carbonyl (C=O) groups excluding carboxylic acids is 2. The second-order valence-electron chi connectivity index (χ2n) is 2.96. The molecular weight excluding hydrogens is 264 g/mol. The second kappa shape index (κ2) is 6.93. The lowest BCUT2D eigenvalue weighted by atomic mass is 10.5. The molecule has 0 saturated carbocycles. The number of esters is 2. The summed E-state index contributed by atoms with van der Waals surface area (Å²) >= 11 is 2.46. The highest BCUT2D eigenvalue weighted by Crippen LogP contribution is 2.39. The smallest absolute Gasteiger partial charge is 0.345 e. The average molecular weight is 278 g/mol. The average Bonchev–Trinajstić information content (AvgIpc) is 2.37. The zero-order chi connectivity index (χ0) is 12.8. The van der Waals surface area contributed by atoms with Crippen molar-refractivity contribution in [3.8, 4) is 0 Å². The highest BCUT2D eigenvalue weighted by atomic mass is 32.2. The molecule has 1 aliphatic heterocycles. The lowest BCUT2D eigenvalue weighted by Gasteiger charge is -2.23. The summed E-state index contributed by atoms with van der Waals surface area (Å²) in [4.78, 5) is 23.6. The first kappa shape index (κ1) is 14.4. The first-order chi connectivity index (χ1) is 8.13. The van der Waals surface area contributed by atoms with E-state index in [0.717, 1.165) is 0 Å². The van der Waals surface area contributed by atoms with Crippen molar-refractivity contribution in [3.05, 3.63) is 9.81 Å². The van der Waals surface area contributed by atoms with Crippen LogP contribution in [0.1, 0.15) is 6.92 Å². The van der Waals surface area contributed by atoms with Crippen LogP contribution in [0, 0.1) is 0 Å².